The molecule has 0 radical (unpaired) electrons. The molecule has 1 rings (SSSR count). The van der Waals surface area contributed by atoms with Gasteiger partial charge in [0.1, 0.15) is 11.9 Å². The van der Waals surface area contributed by atoms with Crippen molar-refractivity contribution in [3.63, 3.8) is 0 Å². The summed E-state index contributed by atoms with van der Waals surface area (Å²) in [5.74, 6) is -0.239. The Kier molecular flexibility index (Phi) is 8.69. The number of ether oxygens (including phenoxy) is 1. The van der Waals surface area contributed by atoms with Crippen molar-refractivity contribution in [2.24, 2.45) is 5.92 Å². The van der Waals surface area contributed by atoms with E-state index in [-0.39, 0.29) is 30.4 Å². The number of hydrogen-bond acceptors (Lipinski definition) is 4. The summed E-state index contributed by atoms with van der Waals surface area (Å²) in [6.45, 7) is 9.55. The molecular weight excluding hydrogens is 304 g/mol. The largest absolute Gasteiger partial charge is 0.454 e. The van der Waals surface area contributed by atoms with Crippen molar-refractivity contribution in [1.29, 1.82) is 0 Å². The van der Waals surface area contributed by atoms with Gasteiger partial charge in [-0.05, 0) is 59.0 Å². The third kappa shape index (κ3) is 6.83. The number of esters is 1. The van der Waals surface area contributed by atoms with E-state index in [0.717, 1.165) is 25.7 Å². The van der Waals surface area contributed by atoms with Crippen LogP contribution in [0, 0.1) is 5.92 Å². The van der Waals surface area contributed by atoms with Crippen LogP contribution in [0.3, 0.4) is 0 Å². The van der Waals surface area contributed by atoms with Crippen LogP contribution < -0.4 is 0 Å². The molecule has 0 aromatic heterocycles. The number of Topliss-reactive ketones (excluding diaryl/α,β-unsaturated/α-hetero) is 1. The van der Waals surface area contributed by atoms with Crippen molar-refractivity contribution in [3.05, 3.63) is 35.5 Å². The van der Waals surface area contributed by atoms with Gasteiger partial charge >= 0.3 is 5.97 Å². The van der Waals surface area contributed by atoms with E-state index < -0.39 is 0 Å². The highest BCUT2D eigenvalue weighted by Crippen LogP contribution is 2.31. The van der Waals surface area contributed by atoms with Crippen LogP contribution in [0.2, 0.25) is 0 Å². The molecule has 2 atom stereocenters. The molecule has 1 heterocycles. The van der Waals surface area contributed by atoms with Gasteiger partial charge in [-0.2, -0.15) is 0 Å². The molecule has 4 nitrogen and oxygen atoms in total. The normalized spacial score (nSPS) is 22.0. The fraction of sp³-hybridized carbons (Fsp3) is 0.600. The first-order chi connectivity index (χ1) is 11.3. The second-order valence-electron chi connectivity index (χ2n) is 6.67. The number of hydrogen-bond donors (Lipinski definition) is 1. The number of rotatable bonds is 10. The topological polar surface area (TPSA) is 63.6 Å². The fourth-order valence-electron chi connectivity index (χ4n) is 2.89. The molecule has 4 heteroatoms. The number of aliphatic hydroxyl groups excluding tert-OH is 1. The smallest absolute Gasteiger partial charge is 0.334 e. The Balaban J connectivity index is 2.47. The highest BCUT2D eigenvalue weighted by molar-refractivity contribution is 5.91. The average Bonchev–Trinajstić information content (AvgIpc) is 2.75. The summed E-state index contributed by atoms with van der Waals surface area (Å²) in [6.07, 6.45) is 8.73. The summed E-state index contributed by atoms with van der Waals surface area (Å²) in [4.78, 5) is 22.6. The fourth-order valence-corrected chi connectivity index (χ4v) is 2.89. The third-order valence-electron chi connectivity index (χ3n) is 4.37. The standard InChI is InChI=1S/C20H30O4/c1-14(8-6-10-16(3)22)7-5-9-15(2)13-19-18(11-12-21)17(4)20(23)24-19/h7,13,18-19,21H,4-6,8-12H2,1-3H3/b14-7+,15-13+/t18?,19-/m0/s1. The molecule has 1 aliphatic rings. The van der Waals surface area contributed by atoms with Crippen LogP contribution in [-0.2, 0) is 14.3 Å². The SMILES string of the molecule is C=C1C(=O)O[C@@H](/C=C(\C)CC/C=C(\C)CCCC(C)=O)C1CCO. The lowest BCUT2D eigenvalue weighted by Gasteiger charge is -2.14. The first-order valence-corrected chi connectivity index (χ1v) is 8.68. The van der Waals surface area contributed by atoms with Crippen LogP contribution in [0.25, 0.3) is 0 Å². The zero-order chi connectivity index (χ0) is 18.1. The molecule has 0 aromatic carbocycles. The minimum Gasteiger partial charge on any atom is -0.454 e. The van der Waals surface area contributed by atoms with Crippen molar-refractivity contribution >= 4 is 11.8 Å². The van der Waals surface area contributed by atoms with Gasteiger partial charge in [-0.25, -0.2) is 4.79 Å². The predicted molar refractivity (Wildman–Crippen MR) is 95.5 cm³/mol. The lowest BCUT2D eigenvalue weighted by atomic mass is 9.92. The van der Waals surface area contributed by atoms with E-state index in [9.17, 15) is 9.59 Å². The number of carbonyl (C=O) groups excluding carboxylic acids is 2. The minimum atomic E-state index is -0.358. The maximum atomic E-state index is 11.6. The summed E-state index contributed by atoms with van der Waals surface area (Å²) < 4.78 is 5.34. The van der Waals surface area contributed by atoms with Crippen molar-refractivity contribution in [1.82, 2.24) is 0 Å². The van der Waals surface area contributed by atoms with Crippen LogP contribution in [-0.4, -0.2) is 29.6 Å². The van der Waals surface area contributed by atoms with E-state index in [4.69, 9.17) is 9.84 Å². The van der Waals surface area contributed by atoms with E-state index in [0.29, 0.717) is 18.4 Å². The first kappa shape index (κ1) is 20.4. The predicted octanol–water partition coefficient (Wildman–Crippen LogP) is 3.90. The van der Waals surface area contributed by atoms with Gasteiger partial charge in [0.2, 0.25) is 0 Å². The Hall–Kier alpha value is -1.68. The van der Waals surface area contributed by atoms with Gasteiger partial charge in [-0.3, -0.25) is 0 Å². The van der Waals surface area contributed by atoms with Gasteiger partial charge < -0.3 is 14.6 Å². The maximum Gasteiger partial charge on any atom is 0.334 e. The lowest BCUT2D eigenvalue weighted by molar-refractivity contribution is -0.137. The molecule has 1 aliphatic heterocycles. The van der Waals surface area contributed by atoms with E-state index in [2.05, 4.69) is 19.6 Å². The Labute approximate surface area is 145 Å². The van der Waals surface area contributed by atoms with Crippen molar-refractivity contribution in [2.75, 3.05) is 6.61 Å². The highest BCUT2D eigenvalue weighted by Gasteiger charge is 2.36. The molecule has 24 heavy (non-hydrogen) atoms. The zero-order valence-electron chi connectivity index (χ0n) is 15.1. The first-order valence-electron chi connectivity index (χ1n) is 8.68. The molecule has 1 N–H and O–H groups in total. The summed E-state index contributed by atoms with van der Waals surface area (Å²) in [5.41, 5.74) is 2.93. The Morgan fingerprint density at radius 1 is 1.21 bits per heavy atom. The quantitative estimate of drug-likeness (QED) is 0.374. The minimum absolute atomic E-state index is 0.0198. The van der Waals surface area contributed by atoms with Crippen LogP contribution in [0.5, 0.6) is 0 Å². The molecule has 0 saturated carbocycles. The molecular formula is C20H30O4. The van der Waals surface area contributed by atoms with E-state index in [1.54, 1.807) is 6.92 Å². The maximum absolute atomic E-state index is 11.6. The number of carbonyl (C=O) groups is 2. The third-order valence-corrected chi connectivity index (χ3v) is 4.37. The van der Waals surface area contributed by atoms with Gasteiger partial charge in [0.25, 0.3) is 0 Å². The monoisotopic (exact) mass is 334 g/mol. The zero-order valence-corrected chi connectivity index (χ0v) is 15.1. The van der Waals surface area contributed by atoms with Crippen molar-refractivity contribution in [2.45, 2.75) is 65.4 Å². The number of allylic oxidation sites excluding steroid dienone is 3. The van der Waals surface area contributed by atoms with E-state index in [1.807, 2.05) is 13.0 Å². The van der Waals surface area contributed by atoms with E-state index in [1.165, 1.54) is 11.1 Å². The molecule has 1 unspecified atom stereocenters. The van der Waals surface area contributed by atoms with Crippen molar-refractivity contribution in [3.8, 4) is 0 Å². The van der Waals surface area contributed by atoms with Crippen LogP contribution >= 0.6 is 0 Å². The molecule has 1 fully saturated rings. The Morgan fingerprint density at radius 3 is 2.54 bits per heavy atom. The summed E-state index contributed by atoms with van der Waals surface area (Å²) in [7, 11) is 0. The number of aliphatic hydroxyl groups is 1. The second-order valence-corrected chi connectivity index (χ2v) is 6.67. The molecule has 0 aromatic rings. The second kappa shape index (κ2) is 10.2. The molecule has 0 spiro atoms. The van der Waals surface area contributed by atoms with Gasteiger partial charge in [0.15, 0.2) is 0 Å². The van der Waals surface area contributed by atoms with Gasteiger partial charge in [0.05, 0.1) is 0 Å². The molecule has 134 valence electrons. The Bertz CT molecular complexity index is 528. The summed E-state index contributed by atoms with van der Waals surface area (Å²) in [5, 5.41) is 9.13. The molecule has 1 saturated heterocycles. The molecule has 0 bridgehead atoms. The van der Waals surface area contributed by atoms with Crippen LogP contribution in [0.1, 0.15) is 59.3 Å². The highest BCUT2D eigenvalue weighted by atomic mass is 16.5. The average molecular weight is 334 g/mol. The van der Waals surface area contributed by atoms with Gasteiger partial charge in [0, 0.05) is 24.5 Å². The molecule has 0 aliphatic carbocycles. The van der Waals surface area contributed by atoms with Crippen molar-refractivity contribution < 1.29 is 19.4 Å². The Morgan fingerprint density at radius 2 is 1.92 bits per heavy atom. The number of cyclic esters (lactones) is 1. The summed E-state index contributed by atoms with van der Waals surface area (Å²) >= 11 is 0. The van der Waals surface area contributed by atoms with Gasteiger partial charge in [-0.15, -0.1) is 0 Å². The van der Waals surface area contributed by atoms with E-state index >= 15 is 0 Å². The number of ketones is 1. The van der Waals surface area contributed by atoms with Gasteiger partial charge in [-0.1, -0.05) is 23.8 Å². The van der Waals surface area contributed by atoms with Crippen LogP contribution in [0.15, 0.2) is 35.5 Å². The van der Waals surface area contributed by atoms with Crippen LogP contribution in [0.4, 0.5) is 0 Å². The lowest BCUT2D eigenvalue weighted by Crippen LogP contribution is -2.15. The summed E-state index contributed by atoms with van der Waals surface area (Å²) in [6, 6.07) is 0. The molecule has 0 amide bonds.